The van der Waals surface area contributed by atoms with E-state index in [0.29, 0.717) is 13.0 Å². The highest BCUT2D eigenvalue weighted by atomic mass is 16.1. The van der Waals surface area contributed by atoms with E-state index in [4.69, 9.17) is 5.73 Å². The molecular formula is C10H14N2O. The number of hydrogen-bond donors (Lipinski definition) is 2. The van der Waals surface area contributed by atoms with Crippen molar-refractivity contribution >= 4 is 5.91 Å². The van der Waals surface area contributed by atoms with Crippen molar-refractivity contribution in [3.05, 3.63) is 35.9 Å². The molecule has 1 amide bonds. The van der Waals surface area contributed by atoms with Gasteiger partial charge in [0, 0.05) is 19.5 Å². The molecule has 0 aliphatic heterocycles. The highest BCUT2D eigenvalue weighted by Crippen LogP contribution is 1.96. The molecular weight excluding hydrogens is 164 g/mol. The lowest BCUT2D eigenvalue weighted by atomic mass is 10.2. The van der Waals surface area contributed by atoms with Crippen LogP contribution in [0.5, 0.6) is 0 Å². The van der Waals surface area contributed by atoms with Crippen LogP contribution >= 0.6 is 0 Å². The Labute approximate surface area is 77.9 Å². The van der Waals surface area contributed by atoms with E-state index in [-0.39, 0.29) is 5.91 Å². The summed E-state index contributed by atoms with van der Waals surface area (Å²) in [5.74, 6) is -0.263. The Morgan fingerprint density at radius 1 is 1.31 bits per heavy atom. The standard InChI is InChI=1S/C10H14N2O/c11-10(13)6-7-12-8-9-4-2-1-3-5-9/h1-5,12H,6-8H2,(H2,11,13). The number of primary amides is 1. The summed E-state index contributed by atoms with van der Waals surface area (Å²) >= 11 is 0. The van der Waals surface area contributed by atoms with Crippen LogP contribution < -0.4 is 11.1 Å². The molecule has 0 aliphatic carbocycles. The van der Waals surface area contributed by atoms with Crippen LogP contribution in [0.3, 0.4) is 0 Å². The summed E-state index contributed by atoms with van der Waals surface area (Å²) in [6.07, 6.45) is 0.396. The van der Waals surface area contributed by atoms with Gasteiger partial charge >= 0.3 is 0 Å². The molecule has 1 aromatic carbocycles. The molecule has 3 N–H and O–H groups in total. The Kier molecular flexibility index (Phi) is 3.99. The first-order chi connectivity index (χ1) is 6.29. The normalized spacial score (nSPS) is 9.85. The van der Waals surface area contributed by atoms with Gasteiger partial charge in [-0.1, -0.05) is 30.3 Å². The molecule has 0 bridgehead atoms. The zero-order chi connectivity index (χ0) is 9.52. The minimum absolute atomic E-state index is 0.263. The average molecular weight is 178 g/mol. The zero-order valence-corrected chi connectivity index (χ0v) is 7.49. The van der Waals surface area contributed by atoms with Gasteiger partial charge in [-0.3, -0.25) is 4.79 Å². The van der Waals surface area contributed by atoms with Gasteiger partial charge in [0.15, 0.2) is 0 Å². The fourth-order valence-electron chi connectivity index (χ4n) is 1.04. The molecule has 0 saturated carbocycles. The van der Waals surface area contributed by atoms with E-state index in [1.807, 2.05) is 30.3 Å². The molecule has 0 spiro atoms. The van der Waals surface area contributed by atoms with Gasteiger partial charge in [0.25, 0.3) is 0 Å². The van der Waals surface area contributed by atoms with Crippen molar-refractivity contribution in [1.29, 1.82) is 0 Å². The van der Waals surface area contributed by atoms with Crippen molar-refractivity contribution in [2.45, 2.75) is 13.0 Å². The maximum Gasteiger partial charge on any atom is 0.218 e. The Bertz CT molecular complexity index is 259. The number of carbonyl (C=O) groups is 1. The largest absolute Gasteiger partial charge is 0.370 e. The summed E-state index contributed by atoms with van der Waals surface area (Å²) < 4.78 is 0. The summed E-state index contributed by atoms with van der Waals surface area (Å²) in [4.78, 5) is 10.4. The molecule has 0 saturated heterocycles. The highest BCUT2D eigenvalue weighted by molar-refractivity contribution is 5.73. The van der Waals surface area contributed by atoms with Crippen molar-refractivity contribution in [1.82, 2.24) is 5.32 Å². The van der Waals surface area contributed by atoms with Crippen LogP contribution in [-0.4, -0.2) is 12.5 Å². The number of benzene rings is 1. The molecule has 1 rings (SSSR count). The average Bonchev–Trinajstić information content (AvgIpc) is 2.14. The van der Waals surface area contributed by atoms with Crippen molar-refractivity contribution in [2.75, 3.05) is 6.54 Å². The van der Waals surface area contributed by atoms with E-state index in [2.05, 4.69) is 5.32 Å². The predicted molar refractivity (Wildman–Crippen MR) is 52.0 cm³/mol. The lowest BCUT2D eigenvalue weighted by Gasteiger charge is -2.02. The van der Waals surface area contributed by atoms with E-state index < -0.39 is 0 Å². The Morgan fingerprint density at radius 2 is 2.00 bits per heavy atom. The predicted octanol–water partition coefficient (Wildman–Crippen LogP) is 0.652. The first-order valence-electron chi connectivity index (χ1n) is 4.32. The maximum atomic E-state index is 10.4. The van der Waals surface area contributed by atoms with Crippen LogP contribution in [0.25, 0.3) is 0 Å². The smallest absolute Gasteiger partial charge is 0.218 e. The molecule has 0 aromatic heterocycles. The van der Waals surface area contributed by atoms with Crippen molar-refractivity contribution in [3.8, 4) is 0 Å². The summed E-state index contributed by atoms with van der Waals surface area (Å²) in [7, 11) is 0. The second-order valence-corrected chi connectivity index (χ2v) is 2.88. The topological polar surface area (TPSA) is 55.1 Å². The van der Waals surface area contributed by atoms with Crippen molar-refractivity contribution in [3.63, 3.8) is 0 Å². The first-order valence-corrected chi connectivity index (χ1v) is 4.32. The number of rotatable bonds is 5. The molecule has 0 unspecified atom stereocenters. The second kappa shape index (κ2) is 5.32. The van der Waals surface area contributed by atoms with Gasteiger partial charge < -0.3 is 11.1 Å². The van der Waals surface area contributed by atoms with E-state index in [1.165, 1.54) is 5.56 Å². The van der Waals surface area contributed by atoms with E-state index in [0.717, 1.165) is 6.54 Å². The van der Waals surface area contributed by atoms with E-state index >= 15 is 0 Å². The van der Waals surface area contributed by atoms with Crippen molar-refractivity contribution < 1.29 is 4.79 Å². The first kappa shape index (κ1) is 9.74. The number of nitrogens with one attached hydrogen (secondary N) is 1. The zero-order valence-electron chi connectivity index (χ0n) is 7.49. The van der Waals surface area contributed by atoms with Gasteiger partial charge in [0.1, 0.15) is 0 Å². The number of carbonyl (C=O) groups excluding carboxylic acids is 1. The highest BCUT2D eigenvalue weighted by Gasteiger charge is 1.93. The Morgan fingerprint density at radius 3 is 2.62 bits per heavy atom. The van der Waals surface area contributed by atoms with Crippen LogP contribution in [0.4, 0.5) is 0 Å². The fourth-order valence-corrected chi connectivity index (χ4v) is 1.04. The minimum atomic E-state index is -0.263. The van der Waals surface area contributed by atoms with Crippen LogP contribution in [0.2, 0.25) is 0 Å². The third-order valence-corrected chi connectivity index (χ3v) is 1.72. The van der Waals surface area contributed by atoms with Crippen LogP contribution in [-0.2, 0) is 11.3 Å². The van der Waals surface area contributed by atoms with Crippen LogP contribution in [0, 0.1) is 0 Å². The molecule has 0 heterocycles. The van der Waals surface area contributed by atoms with Gasteiger partial charge in [-0.15, -0.1) is 0 Å². The molecule has 0 radical (unpaired) electrons. The molecule has 70 valence electrons. The summed E-state index contributed by atoms with van der Waals surface area (Å²) in [6, 6.07) is 10.0. The monoisotopic (exact) mass is 178 g/mol. The molecule has 1 aromatic rings. The van der Waals surface area contributed by atoms with E-state index in [9.17, 15) is 4.79 Å². The molecule has 0 fully saturated rings. The third kappa shape index (κ3) is 4.28. The Hall–Kier alpha value is -1.35. The summed E-state index contributed by atoms with van der Waals surface area (Å²) in [5, 5.41) is 3.13. The van der Waals surface area contributed by atoms with Gasteiger partial charge in [0.05, 0.1) is 0 Å². The van der Waals surface area contributed by atoms with Crippen LogP contribution in [0.15, 0.2) is 30.3 Å². The lowest BCUT2D eigenvalue weighted by Crippen LogP contribution is -2.21. The quantitative estimate of drug-likeness (QED) is 0.650. The Balaban J connectivity index is 2.17. The second-order valence-electron chi connectivity index (χ2n) is 2.88. The lowest BCUT2D eigenvalue weighted by molar-refractivity contribution is -0.117. The fraction of sp³-hybridized carbons (Fsp3) is 0.300. The molecule has 3 nitrogen and oxygen atoms in total. The summed E-state index contributed by atoms with van der Waals surface area (Å²) in [6.45, 7) is 1.43. The molecule has 0 atom stereocenters. The number of hydrogen-bond acceptors (Lipinski definition) is 2. The van der Waals surface area contributed by atoms with Gasteiger partial charge in [0.2, 0.25) is 5.91 Å². The van der Waals surface area contributed by atoms with E-state index in [1.54, 1.807) is 0 Å². The minimum Gasteiger partial charge on any atom is -0.370 e. The molecule has 0 aliphatic rings. The van der Waals surface area contributed by atoms with Crippen molar-refractivity contribution in [2.24, 2.45) is 5.73 Å². The molecule has 3 heteroatoms. The number of nitrogens with two attached hydrogens (primary N) is 1. The van der Waals surface area contributed by atoms with Gasteiger partial charge in [-0.05, 0) is 5.56 Å². The SMILES string of the molecule is NC(=O)CCNCc1ccccc1. The van der Waals surface area contributed by atoms with Crippen LogP contribution in [0.1, 0.15) is 12.0 Å². The third-order valence-electron chi connectivity index (χ3n) is 1.72. The van der Waals surface area contributed by atoms with Gasteiger partial charge in [-0.2, -0.15) is 0 Å². The summed E-state index contributed by atoms with van der Waals surface area (Å²) in [5.41, 5.74) is 6.21. The number of amides is 1. The molecule has 13 heavy (non-hydrogen) atoms. The van der Waals surface area contributed by atoms with Gasteiger partial charge in [-0.25, -0.2) is 0 Å². The maximum absolute atomic E-state index is 10.4.